The maximum Gasteiger partial charge on any atom is 0.250 e. The molecule has 9 heteroatoms. The van der Waals surface area contributed by atoms with Crippen molar-refractivity contribution in [3.8, 4) is 0 Å². The minimum Gasteiger partial charge on any atom is -0.358 e. The standard InChI is InChI=1S/C18H26N4O4S/c1-4-20(5-2)27(25,26)13-8-9-14-16(11-13)22(12-17(23)19-3)18(24)15-7-6-10-21(14)15/h8-9,11,15H,4-7,10,12H2,1-3H3,(H,19,23). The third-order valence-electron chi connectivity index (χ3n) is 5.27. The van der Waals surface area contributed by atoms with Crippen LogP contribution in [0, 0.1) is 0 Å². The van der Waals surface area contributed by atoms with Gasteiger partial charge in [-0.15, -0.1) is 0 Å². The smallest absolute Gasteiger partial charge is 0.250 e. The van der Waals surface area contributed by atoms with Gasteiger partial charge in [0.1, 0.15) is 12.6 Å². The largest absolute Gasteiger partial charge is 0.358 e. The highest BCUT2D eigenvalue weighted by molar-refractivity contribution is 7.89. The second kappa shape index (κ2) is 7.47. The van der Waals surface area contributed by atoms with Gasteiger partial charge in [-0.05, 0) is 31.0 Å². The lowest BCUT2D eigenvalue weighted by Gasteiger charge is -2.39. The number of amides is 2. The van der Waals surface area contributed by atoms with Crippen molar-refractivity contribution in [2.24, 2.45) is 0 Å². The van der Waals surface area contributed by atoms with Gasteiger partial charge >= 0.3 is 0 Å². The highest BCUT2D eigenvalue weighted by Crippen LogP contribution is 2.41. The summed E-state index contributed by atoms with van der Waals surface area (Å²) in [5.41, 5.74) is 1.29. The fourth-order valence-electron chi connectivity index (χ4n) is 3.83. The molecule has 1 saturated heterocycles. The van der Waals surface area contributed by atoms with Crippen LogP contribution in [0.3, 0.4) is 0 Å². The fraction of sp³-hybridized carbons (Fsp3) is 0.556. The van der Waals surface area contributed by atoms with Crippen LogP contribution in [0.4, 0.5) is 11.4 Å². The SMILES string of the molecule is CCN(CC)S(=O)(=O)c1ccc2c(c1)N(CC(=O)NC)C(=O)C1CCCN21. The molecule has 2 amide bonds. The van der Waals surface area contributed by atoms with E-state index in [-0.39, 0.29) is 29.3 Å². The molecule has 1 fully saturated rings. The summed E-state index contributed by atoms with van der Waals surface area (Å²) < 4.78 is 27.2. The Labute approximate surface area is 160 Å². The monoisotopic (exact) mass is 394 g/mol. The first-order valence-electron chi connectivity index (χ1n) is 9.27. The lowest BCUT2D eigenvalue weighted by molar-refractivity contribution is -0.124. The Morgan fingerprint density at radius 1 is 1.26 bits per heavy atom. The zero-order valence-corrected chi connectivity index (χ0v) is 16.8. The van der Waals surface area contributed by atoms with Gasteiger partial charge in [0.2, 0.25) is 21.8 Å². The molecule has 0 bridgehead atoms. The van der Waals surface area contributed by atoms with Gasteiger partial charge in [-0.25, -0.2) is 8.42 Å². The van der Waals surface area contributed by atoms with Crippen LogP contribution in [0.25, 0.3) is 0 Å². The lowest BCUT2D eigenvalue weighted by Crippen LogP contribution is -2.53. The molecule has 2 aliphatic rings. The molecule has 1 aromatic carbocycles. The molecule has 0 radical (unpaired) electrons. The van der Waals surface area contributed by atoms with Gasteiger partial charge in [-0.1, -0.05) is 13.8 Å². The Morgan fingerprint density at radius 3 is 2.59 bits per heavy atom. The second-order valence-electron chi connectivity index (χ2n) is 6.69. The summed E-state index contributed by atoms with van der Waals surface area (Å²) in [5.74, 6) is -0.446. The number of carbonyl (C=O) groups excluding carboxylic acids is 2. The molecule has 0 aromatic heterocycles. The first kappa shape index (κ1) is 19.6. The summed E-state index contributed by atoms with van der Waals surface area (Å²) in [6.45, 7) is 4.93. The van der Waals surface area contributed by atoms with E-state index in [1.54, 1.807) is 26.0 Å². The van der Waals surface area contributed by atoms with Crippen LogP contribution in [-0.2, 0) is 19.6 Å². The van der Waals surface area contributed by atoms with E-state index in [1.807, 2.05) is 4.90 Å². The van der Waals surface area contributed by atoms with Crippen LogP contribution in [-0.4, -0.2) is 63.8 Å². The fourth-order valence-corrected chi connectivity index (χ4v) is 5.31. The van der Waals surface area contributed by atoms with Crippen LogP contribution in [0.2, 0.25) is 0 Å². The predicted octanol–water partition coefficient (Wildman–Crippen LogP) is 0.779. The minimum atomic E-state index is -3.66. The van der Waals surface area contributed by atoms with Crippen molar-refractivity contribution in [1.29, 1.82) is 0 Å². The molecule has 27 heavy (non-hydrogen) atoms. The van der Waals surface area contributed by atoms with Crippen LogP contribution in [0.15, 0.2) is 23.1 Å². The number of carbonyl (C=O) groups is 2. The van der Waals surface area contributed by atoms with E-state index in [0.29, 0.717) is 18.8 Å². The molecule has 8 nitrogen and oxygen atoms in total. The number of fused-ring (bicyclic) bond motifs is 3. The number of sulfonamides is 1. The maximum absolute atomic E-state index is 13.0. The molecule has 148 valence electrons. The Morgan fingerprint density at radius 2 is 1.96 bits per heavy atom. The molecule has 0 aliphatic carbocycles. The van der Waals surface area contributed by atoms with Crippen molar-refractivity contribution in [3.63, 3.8) is 0 Å². The Balaban J connectivity index is 2.10. The topological polar surface area (TPSA) is 90.0 Å². The van der Waals surface area contributed by atoms with E-state index in [4.69, 9.17) is 0 Å². The number of nitrogens with one attached hydrogen (secondary N) is 1. The summed E-state index contributed by atoms with van der Waals surface area (Å²) in [4.78, 5) is 28.5. The van der Waals surface area contributed by atoms with E-state index < -0.39 is 10.0 Å². The van der Waals surface area contributed by atoms with Crippen molar-refractivity contribution < 1.29 is 18.0 Å². The number of anilines is 2. The highest BCUT2D eigenvalue weighted by atomic mass is 32.2. The van der Waals surface area contributed by atoms with Gasteiger partial charge in [-0.2, -0.15) is 4.31 Å². The van der Waals surface area contributed by atoms with Crippen molar-refractivity contribution >= 4 is 33.2 Å². The number of benzene rings is 1. The molecule has 1 unspecified atom stereocenters. The molecule has 1 atom stereocenters. The van der Waals surface area contributed by atoms with Crippen LogP contribution >= 0.6 is 0 Å². The van der Waals surface area contributed by atoms with Crippen molar-refractivity contribution in [1.82, 2.24) is 9.62 Å². The van der Waals surface area contributed by atoms with Gasteiger partial charge in [0.15, 0.2) is 0 Å². The summed E-state index contributed by atoms with van der Waals surface area (Å²) in [6, 6.07) is 4.59. The van der Waals surface area contributed by atoms with Crippen molar-refractivity contribution in [2.75, 3.05) is 43.0 Å². The number of hydrogen-bond acceptors (Lipinski definition) is 5. The molecule has 1 N–H and O–H groups in total. The van der Waals surface area contributed by atoms with Crippen LogP contribution in [0.5, 0.6) is 0 Å². The zero-order valence-electron chi connectivity index (χ0n) is 15.9. The Hall–Kier alpha value is -2.13. The molecular formula is C18H26N4O4S. The molecular weight excluding hydrogens is 368 g/mol. The number of hydrogen-bond donors (Lipinski definition) is 1. The van der Waals surface area contributed by atoms with Gasteiger partial charge < -0.3 is 10.2 Å². The molecule has 1 aromatic rings. The van der Waals surface area contributed by atoms with Crippen molar-refractivity contribution in [2.45, 2.75) is 37.6 Å². The molecule has 0 spiro atoms. The minimum absolute atomic E-state index is 0.124. The highest BCUT2D eigenvalue weighted by Gasteiger charge is 2.42. The van der Waals surface area contributed by atoms with Gasteiger partial charge in [0.25, 0.3) is 0 Å². The summed E-state index contributed by atoms with van der Waals surface area (Å²) in [6.07, 6.45) is 1.63. The van der Waals surface area contributed by atoms with Crippen molar-refractivity contribution in [3.05, 3.63) is 18.2 Å². The normalized spacial score (nSPS) is 19.3. The lowest BCUT2D eigenvalue weighted by atomic mass is 10.1. The molecule has 2 heterocycles. The summed E-state index contributed by atoms with van der Waals surface area (Å²) >= 11 is 0. The zero-order chi connectivity index (χ0) is 19.8. The Kier molecular flexibility index (Phi) is 5.43. The molecule has 0 saturated carbocycles. The summed E-state index contributed by atoms with van der Waals surface area (Å²) in [7, 11) is -2.14. The average molecular weight is 394 g/mol. The maximum atomic E-state index is 13.0. The number of rotatable bonds is 6. The average Bonchev–Trinajstić information content (AvgIpc) is 3.15. The van der Waals surface area contributed by atoms with E-state index in [1.165, 1.54) is 22.3 Å². The van der Waals surface area contributed by atoms with Gasteiger partial charge in [-0.3, -0.25) is 14.5 Å². The first-order chi connectivity index (χ1) is 12.8. The third-order valence-corrected chi connectivity index (χ3v) is 7.32. The van der Waals surface area contributed by atoms with E-state index >= 15 is 0 Å². The number of likely N-dealkylation sites (N-methyl/N-ethyl adjacent to an activating group) is 1. The van der Waals surface area contributed by atoms with Crippen LogP contribution < -0.4 is 15.1 Å². The quantitative estimate of drug-likeness (QED) is 0.770. The van der Waals surface area contributed by atoms with Crippen LogP contribution in [0.1, 0.15) is 26.7 Å². The number of nitrogens with zero attached hydrogens (tertiary/aromatic N) is 3. The second-order valence-corrected chi connectivity index (χ2v) is 8.63. The first-order valence-corrected chi connectivity index (χ1v) is 10.7. The Bertz CT molecular complexity index is 851. The predicted molar refractivity (Wildman–Crippen MR) is 103 cm³/mol. The molecule has 3 rings (SSSR count). The van der Waals surface area contributed by atoms with E-state index in [9.17, 15) is 18.0 Å². The van der Waals surface area contributed by atoms with Gasteiger partial charge in [0.05, 0.1) is 16.3 Å². The van der Waals surface area contributed by atoms with E-state index in [0.717, 1.165) is 25.1 Å². The summed E-state index contributed by atoms with van der Waals surface area (Å²) in [5, 5.41) is 2.53. The van der Waals surface area contributed by atoms with Gasteiger partial charge in [0, 0.05) is 26.7 Å². The van der Waals surface area contributed by atoms with E-state index in [2.05, 4.69) is 5.32 Å². The third kappa shape index (κ3) is 3.29. The molecule has 2 aliphatic heterocycles.